The number of H-pyrrole nitrogens is 1. The maximum Gasteiger partial charge on any atom is 0.353 e. The molecule has 0 saturated heterocycles. The average molecular weight is 261 g/mol. The Kier molecular flexibility index (Phi) is 3.77. The number of benzene rings is 1. The van der Waals surface area contributed by atoms with Gasteiger partial charge in [0.05, 0.1) is 0 Å². The monoisotopic (exact) mass is 261 g/mol. The van der Waals surface area contributed by atoms with E-state index in [0.29, 0.717) is 5.75 Å². The lowest BCUT2D eigenvalue weighted by molar-refractivity contribution is -0.118. The summed E-state index contributed by atoms with van der Waals surface area (Å²) in [6, 6.07) is 10.1. The summed E-state index contributed by atoms with van der Waals surface area (Å²) in [7, 11) is 0. The van der Waals surface area contributed by atoms with Crippen LogP contribution < -0.4 is 10.1 Å². The van der Waals surface area contributed by atoms with Gasteiger partial charge in [-0.3, -0.25) is 9.89 Å². The SMILES string of the molecule is O=C(COc1ccccc1)Nc1cc(C(=O)O)[nH]n1. The standard InChI is InChI=1S/C12H11N3O4/c16-11(7-19-8-4-2-1-3-5-8)13-10-6-9(12(17)18)14-15-10/h1-6H,7H2,(H,17,18)(H2,13,14,15,16). The summed E-state index contributed by atoms with van der Waals surface area (Å²) in [5, 5.41) is 17.0. The molecule has 0 fully saturated rings. The zero-order valence-electron chi connectivity index (χ0n) is 9.79. The van der Waals surface area contributed by atoms with E-state index in [9.17, 15) is 9.59 Å². The summed E-state index contributed by atoms with van der Waals surface area (Å²) >= 11 is 0. The van der Waals surface area contributed by atoms with Gasteiger partial charge in [-0.2, -0.15) is 5.10 Å². The van der Waals surface area contributed by atoms with Gasteiger partial charge in [0.15, 0.2) is 12.4 Å². The zero-order valence-corrected chi connectivity index (χ0v) is 9.79. The van der Waals surface area contributed by atoms with E-state index in [1.54, 1.807) is 24.3 Å². The molecule has 0 spiro atoms. The van der Waals surface area contributed by atoms with Crippen LogP contribution in [0.15, 0.2) is 36.4 Å². The van der Waals surface area contributed by atoms with Crippen molar-refractivity contribution in [1.29, 1.82) is 0 Å². The third-order valence-electron chi connectivity index (χ3n) is 2.19. The van der Waals surface area contributed by atoms with Gasteiger partial charge in [0, 0.05) is 6.07 Å². The van der Waals surface area contributed by atoms with Gasteiger partial charge in [0.25, 0.3) is 5.91 Å². The van der Waals surface area contributed by atoms with Crippen LogP contribution in [0.1, 0.15) is 10.5 Å². The number of aromatic nitrogens is 2. The van der Waals surface area contributed by atoms with Gasteiger partial charge in [0.2, 0.25) is 0 Å². The van der Waals surface area contributed by atoms with E-state index in [2.05, 4.69) is 15.5 Å². The third kappa shape index (κ3) is 3.56. The number of rotatable bonds is 5. The lowest BCUT2D eigenvalue weighted by Crippen LogP contribution is -2.20. The van der Waals surface area contributed by atoms with E-state index in [4.69, 9.17) is 9.84 Å². The smallest absolute Gasteiger partial charge is 0.353 e. The van der Waals surface area contributed by atoms with Crippen LogP contribution in [0.5, 0.6) is 5.75 Å². The summed E-state index contributed by atoms with van der Waals surface area (Å²) in [6.45, 7) is -0.181. The number of hydrogen-bond donors (Lipinski definition) is 3. The van der Waals surface area contributed by atoms with Gasteiger partial charge in [-0.05, 0) is 12.1 Å². The first-order valence-corrected chi connectivity index (χ1v) is 5.41. The fraction of sp³-hybridized carbons (Fsp3) is 0.0833. The van der Waals surface area contributed by atoms with Crippen LogP contribution in [0.4, 0.5) is 5.82 Å². The number of nitrogens with zero attached hydrogens (tertiary/aromatic N) is 1. The molecule has 1 aromatic heterocycles. The first-order valence-electron chi connectivity index (χ1n) is 5.41. The molecule has 2 rings (SSSR count). The van der Waals surface area contributed by atoms with Crippen LogP contribution in [0.25, 0.3) is 0 Å². The second-order valence-corrected chi connectivity index (χ2v) is 3.62. The molecule has 1 heterocycles. The van der Waals surface area contributed by atoms with Crippen molar-refractivity contribution in [1.82, 2.24) is 10.2 Å². The molecule has 0 bridgehead atoms. The van der Waals surface area contributed by atoms with E-state index < -0.39 is 11.9 Å². The van der Waals surface area contributed by atoms with Crippen LogP contribution in [-0.2, 0) is 4.79 Å². The number of amides is 1. The number of aromatic amines is 1. The molecule has 0 aliphatic rings. The summed E-state index contributed by atoms with van der Waals surface area (Å²) < 4.78 is 5.23. The number of nitrogens with one attached hydrogen (secondary N) is 2. The molecule has 0 radical (unpaired) electrons. The summed E-state index contributed by atoms with van der Waals surface area (Å²) in [4.78, 5) is 22.1. The molecule has 0 atom stereocenters. The molecule has 2 aromatic rings. The Bertz CT molecular complexity index is 580. The number of carboxylic acid groups (broad SMARTS) is 1. The molecule has 0 aliphatic carbocycles. The summed E-state index contributed by atoms with van der Waals surface area (Å²) in [6.07, 6.45) is 0. The Balaban J connectivity index is 1.85. The van der Waals surface area contributed by atoms with E-state index in [1.807, 2.05) is 6.07 Å². The highest BCUT2D eigenvalue weighted by Gasteiger charge is 2.10. The minimum absolute atomic E-state index is 0.0979. The molecule has 7 nitrogen and oxygen atoms in total. The number of hydrogen-bond acceptors (Lipinski definition) is 4. The van der Waals surface area contributed by atoms with Crippen molar-refractivity contribution in [2.24, 2.45) is 0 Å². The Labute approximate surface area is 108 Å². The van der Waals surface area contributed by atoms with Gasteiger partial charge in [-0.1, -0.05) is 18.2 Å². The number of carbonyl (C=O) groups is 2. The predicted octanol–water partition coefficient (Wildman–Crippen LogP) is 1.13. The van der Waals surface area contributed by atoms with Crippen LogP contribution in [-0.4, -0.2) is 33.8 Å². The number of carbonyl (C=O) groups excluding carboxylic acids is 1. The normalized spacial score (nSPS) is 9.89. The zero-order chi connectivity index (χ0) is 13.7. The number of para-hydroxylation sites is 1. The fourth-order valence-electron chi connectivity index (χ4n) is 1.34. The van der Waals surface area contributed by atoms with E-state index in [0.717, 1.165) is 0 Å². The average Bonchev–Trinajstić information content (AvgIpc) is 2.86. The first kappa shape index (κ1) is 12.6. The Morgan fingerprint density at radius 3 is 2.68 bits per heavy atom. The number of anilines is 1. The van der Waals surface area contributed by atoms with Crippen LogP contribution in [0.3, 0.4) is 0 Å². The highest BCUT2D eigenvalue weighted by molar-refractivity contribution is 5.93. The Morgan fingerprint density at radius 2 is 2.05 bits per heavy atom. The molecule has 1 amide bonds. The molecule has 0 unspecified atom stereocenters. The van der Waals surface area contributed by atoms with Crippen molar-refractivity contribution in [3.05, 3.63) is 42.1 Å². The highest BCUT2D eigenvalue weighted by atomic mass is 16.5. The first-order chi connectivity index (χ1) is 9.15. The Hall–Kier alpha value is -2.83. The third-order valence-corrected chi connectivity index (χ3v) is 2.19. The van der Waals surface area contributed by atoms with Crippen LogP contribution in [0.2, 0.25) is 0 Å². The van der Waals surface area contributed by atoms with Crippen molar-refractivity contribution in [2.45, 2.75) is 0 Å². The molecule has 0 aliphatic heterocycles. The van der Waals surface area contributed by atoms with Crippen molar-refractivity contribution in [2.75, 3.05) is 11.9 Å². The maximum absolute atomic E-state index is 11.5. The molecular formula is C12H11N3O4. The Morgan fingerprint density at radius 1 is 1.32 bits per heavy atom. The number of ether oxygens (including phenoxy) is 1. The van der Waals surface area contributed by atoms with Crippen molar-refractivity contribution in [3.63, 3.8) is 0 Å². The minimum Gasteiger partial charge on any atom is -0.484 e. The molecule has 0 saturated carbocycles. The molecular weight excluding hydrogens is 250 g/mol. The molecule has 1 aromatic carbocycles. The van der Waals surface area contributed by atoms with Gasteiger partial charge in [-0.15, -0.1) is 0 Å². The van der Waals surface area contributed by atoms with Crippen LogP contribution in [0, 0.1) is 0 Å². The van der Waals surface area contributed by atoms with E-state index in [-0.39, 0.29) is 18.1 Å². The van der Waals surface area contributed by atoms with Gasteiger partial charge in [0.1, 0.15) is 11.4 Å². The summed E-state index contributed by atoms with van der Waals surface area (Å²) in [5.41, 5.74) is -0.0979. The molecule has 7 heteroatoms. The largest absolute Gasteiger partial charge is 0.484 e. The van der Waals surface area contributed by atoms with Gasteiger partial charge >= 0.3 is 5.97 Å². The van der Waals surface area contributed by atoms with Gasteiger partial charge < -0.3 is 15.2 Å². The van der Waals surface area contributed by atoms with Crippen molar-refractivity contribution in [3.8, 4) is 5.75 Å². The fourth-order valence-corrected chi connectivity index (χ4v) is 1.34. The van der Waals surface area contributed by atoms with E-state index in [1.165, 1.54) is 6.07 Å². The molecule has 19 heavy (non-hydrogen) atoms. The van der Waals surface area contributed by atoms with Crippen molar-refractivity contribution < 1.29 is 19.4 Å². The predicted molar refractivity (Wildman–Crippen MR) is 66.1 cm³/mol. The maximum atomic E-state index is 11.5. The lowest BCUT2D eigenvalue weighted by Gasteiger charge is -2.05. The topological polar surface area (TPSA) is 104 Å². The molecule has 3 N–H and O–H groups in total. The van der Waals surface area contributed by atoms with E-state index >= 15 is 0 Å². The minimum atomic E-state index is -1.14. The second-order valence-electron chi connectivity index (χ2n) is 3.62. The number of aromatic carboxylic acids is 1. The van der Waals surface area contributed by atoms with Gasteiger partial charge in [-0.25, -0.2) is 4.79 Å². The second kappa shape index (κ2) is 5.67. The van der Waals surface area contributed by atoms with Crippen molar-refractivity contribution >= 4 is 17.7 Å². The number of carboxylic acids is 1. The summed E-state index contributed by atoms with van der Waals surface area (Å²) in [5.74, 6) is -0.856. The van der Waals surface area contributed by atoms with Crippen LogP contribution >= 0.6 is 0 Å². The lowest BCUT2D eigenvalue weighted by atomic mass is 10.3. The highest BCUT2D eigenvalue weighted by Crippen LogP contribution is 2.09. The molecule has 98 valence electrons. The quantitative estimate of drug-likeness (QED) is 0.748.